The molecule has 0 aliphatic carbocycles. The number of nitrogens with two attached hydrogens (primary N) is 1. The Morgan fingerprint density at radius 3 is 2.86 bits per heavy atom. The lowest BCUT2D eigenvalue weighted by Gasteiger charge is -2.08. The summed E-state index contributed by atoms with van der Waals surface area (Å²) in [6, 6.07) is 8.97. The first-order valence-electron chi connectivity index (χ1n) is 6.96. The van der Waals surface area contributed by atoms with Crippen LogP contribution in [0.1, 0.15) is 23.6 Å². The van der Waals surface area contributed by atoms with Gasteiger partial charge < -0.3 is 15.8 Å². The van der Waals surface area contributed by atoms with Crippen LogP contribution in [-0.2, 0) is 11.2 Å². The Kier molecular flexibility index (Phi) is 3.83. The van der Waals surface area contributed by atoms with E-state index in [0.29, 0.717) is 6.61 Å². The highest BCUT2D eigenvalue weighted by atomic mass is 16.5. The summed E-state index contributed by atoms with van der Waals surface area (Å²) in [7, 11) is 0. The summed E-state index contributed by atoms with van der Waals surface area (Å²) >= 11 is 0. The number of carbonyl (C=O) groups is 1. The molecule has 3 N–H and O–H groups in total. The minimum atomic E-state index is -0.569. The predicted octanol–water partition coefficient (Wildman–Crippen LogP) is 2.05. The van der Waals surface area contributed by atoms with Gasteiger partial charge in [-0.3, -0.25) is 9.78 Å². The molecule has 2 heterocycles. The molecule has 1 aliphatic heterocycles. The van der Waals surface area contributed by atoms with Gasteiger partial charge in [0.25, 0.3) is 0 Å². The lowest BCUT2D eigenvalue weighted by Crippen LogP contribution is -2.19. The normalized spacial score (nSPS) is 16.4. The molecule has 5 nitrogen and oxygen atoms in total. The van der Waals surface area contributed by atoms with Crippen molar-refractivity contribution in [3.05, 3.63) is 53.9 Å². The zero-order valence-corrected chi connectivity index (χ0v) is 11.6. The Bertz CT molecular complexity index is 643. The maximum absolute atomic E-state index is 11.5. The third-order valence-electron chi connectivity index (χ3n) is 3.53. The summed E-state index contributed by atoms with van der Waals surface area (Å²) in [6.07, 6.45) is 5.47. The van der Waals surface area contributed by atoms with Crippen LogP contribution in [0, 0.1) is 0 Å². The molecule has 1 aromatic heterocycles. The molecule has 1 amide bonds. The van der Waals surface area contributed by atoms with Crippen molar-refractivity contribution in [3.63, 3.8) is 0 Å². The SMILES string of the molecule is NC1C(=O)Nc2cc(OCCCc3ccncc3)ccc21. The smallest absolute Gasteiger partial charge is 0.245 e. The summed E-state index contributed by atoms with van der Waals surface area (Å²) in [5.74, 6) is 0.581. The highest BCUT2D eigenvalue weighted by molar-refractivity contribution is 6.02. The molecule has 2 aromatic rings. The number of aryl methyl sites for hydroxylation is 1. The Morgan fingerprint density at radius 1 is 1.24 bits per heavy atom. The van der Waals surface area contributed by atoms with Crippen molar-refractivity contribution >= 4 is 11.6 Å². The van der Waals surface area contributed by atoms with Crippen LogP contribution in [0.3, 0.4) is 0 Å². The fourth-order valence-electron chi connectivity index (χ4n) is 2.37. The van der Waals surface area contributed by atoms with Gasteiger partial charge in [0.15, 0.2) is 0 Å². The van der Waals surface area contributed by atoms with E-state index in [0.717, 1.165) is 29.8 Å². The number of ether oxygens (including phenoxy) is 1. The van der Waals surface area contributed by atoms with Crippen LogP contribution >= 0.6 is 0 Å². The van der Waals surface area contributed by atoms with E-state index >= 15 is 0 Å². The first-order valence-corrected chi connectivity index (χ1v) is 6.96. The minimum Gasteiger partial charge on any atom is -0.494 e. The lowest BCUT2D eigenvalue weighted by molar-refractivity contribution is -0.116. The fraction of sp³-hybridized carbons (Fsp3) is 0.250. The average Bonchev–Trinajstić information content (AvgIpc) is 2.79. The Labute approximate surface area is 123 Å². The maximum atomic E-state index is 11.5. The zero-order valence-electron chi connectivity index (χ0n) is 11.6. The molecule has 0 spiro atoms. The molecule has 0 bridgehead atoms. The summed E-state index contributed by atoms with van der Waals surface area (Å²) in [5, 5.41) is 2.75. The van der Waals surface area contributed by atoms with Crippen LogP contribution in [-0.4, -0.2) is 17.5 Å². The van der Waals surface area contributed by atoms with Gasteiger partial charge in [-0.15, -0.1) is 0 Å². The predicted molar refractivity (Wildman–Crippen MR) is 80.1 cm³/mol. The van der Waals surface area contributed by atoms with Gasteiger partial charge in [0.05, 0.1) is 6.61 Å². The average molecular weight is 283 g/mol. The van der Waals surface area contributed by atoms with E-state index in [1.807, 2.05) is 30.3 Å². The second kappa shape index (κ2) is 5.93. The number of nitrogens with zero attached hydrogens (tertiary/aromatic N) is 1. The number of carbonyl (C=O) groups excluding carboxylic acids is 1. The van der Waals surface area contributed by atoms with E-state index in [1.54, 1.807) is 12.4 Å². The molecule has 1 atom stereocenters. The van der Waals surface area contributed by atoms with E-state index in [4.69, 9.17) is 10.5 Å². The van der Waals surface area contributed by atoms with E-state index in [9.17, 15) is 4.79 Å². The van der Waals surface area contributed by atoms with Crippen molar-refractivity contribution in [2.75, 3.05) is 11.9 Å². The number of aromatic nitrogens is 1. The third-order valence-corrected chi connectivity index (χ3v) is 3.53. The van der Waals surface area contributed by atoms with Gasteiger partial charge in [-0.2, -0.15) is 0 Å². The third kappa shape index (κ3) is 3.03. The van der Waals surface area contributed by atoms with Crippen LogP contribution in [0.2, 0.25) is 0 Å². The van der Waals surface area contributed by atoms with Gasteiger partial charge in [-0.05, 0) is 36.6 Å². The second-order valence-corrected chi connectivity index (χ2v) is 5.02. The molecule has 108 valence electrons. The number of pyridine rings is 1. The minimum absolute atomic E-state index is 0.167. The number of hydrogen-bond donors (Lipinski definition) is 2. The van der Waals surface area contributed by atoms with Crippen molar-refractivity contribution in [1.82, 2.24) is 4.98 Å². The first-order chi connectivity index (χ1) is 10.2. The number of rotatable bonds is 5. The van der Waals surface area contributed by atoms with E-state index in [2.05, 4.69) is 10.3 Å². The summed E-state index contributed by atoms with van der Waals surface area (Å²) in [6.45, 7) is 0.626. The highest BCUT2D eigenvalue weighted by Crippen LogP contribution is 2.32. The monoisotopic (exact) mass is 283 g/mol. The van der Waals surface area contributed by atoms with Crippen molar-refractivity contribution in [1.29, 1.82) is 0 Å². The Hall–Kier alpha value is -2.40. The van der Waals surface area contributed by atoms with Gasteiger partial charge in [-0.1, -0.05) is 6.07 Å². The van der Waals surface area contributed by atoms with Gasteiger partial charge in [0.2, 0.25) is 5.91 Å². The molecular formula is C16H17N3O2. The lowest BCUT2D eigenvalue weighted by atomic mass is 10.1. The zero-order chi connectivity index (χ0) is 14.7. The van der Waals surface area contributed by atoms with Crippen LogP contribution in [0.5, 0.6) is 5.75 Å². The summed E-state index contributed by atoms with van der Waals surface area (Å²) in [4.78, 5) is 15.5. The summed E-state index contributed by atoms with van der Waals surface area (Å²) in [5.41, 5.74) is 8.59. The van der Waals surface area contributed by atoms with Gasteiger partial charge in [-0.25, -0.2) is 0 Å². The van der Waals surface area contributed by atoms with Gasteiger partial charge >= 0.3 is 0 Å². The van der Waals surface area contributed by atoms with Crippen molar-refractivity contribution in [3.8, 4) is 5.75 Å². The van der Waals surface area contributed by atoms with Crippen molar-refractivity contribution < 1.29 is 9.53 Å². The van der Waals surface area contributed by atoms with Gasteiger partial charge in [0.1, 0.15) is 11.8 Å². The number of fused-ring (bicyclic) bond motifs is 1. The van der Waals surface area contributed by atoms with Crippen LogP contribution in [0.15, 0.2) is 42.7 Å². The first kappa shape index (κ1) is 13.6. The van der Waals surface area contributed by atoms with Gasteiger partial charge in [0, 0.05) is 29.7 Å². The molecule has 3 rings (SSSR count). The molecule has 0 saturated carbocycles. The molecule has 0 saturated heterocycles. The molecule has 5 heteroatoms. The van der Waals surface area contributed by atoms with Crippen LogP contribution in [0.25, 0.3) is 0 Å². The van der Waals surface area contributed by atoms with Crippen LogP contribution in [0.4, 0.5) is 5.69 Å². The number of amides is 1. The molecule has 1 aliphatic rings. The Morgan fingerprint density at radius 2 is 2.05 bits per heavy atom. The van der Waals surface area contributed by atoms with E-state index in [1.165, 1.54) is 5.56 Å². The largest absolute Gasteiger partial charge is 0.494 e. The summed E-state index contributed by atoms with van der Waals surface area (Å²) < 4.78 is 5.72. The number of benzene rings is 1. The number of nitrogens with one attached hydrogen (secondary N) is 1. The van der Waals surface area contributed by atoms with E-state index < -0.39 is 6.04 Å². The quantitative estimate of drug-likeness (QED) is 0.823. The van der Waals surface area contributed by atoms with Crippen molar-refractivity contribution in [2.45, 2.75) is 18.9 Å². The molecule has 21 heavy (non-hydrogen) atoms. The standard InChI is InChI=1S/C16H17N3O2/c17-15-13-4-3-12(10-14(13)19-16(15)20)21-9-1-2-11-5-7-18-8-6-11/h3-8,10,15H,1-2,9,17H2,(H,19,20). The van der Waals surface area contributed by atoms with Crippen LogP contribution < -0.4 is 15.8 Å². The fourth-order valence-corrected chi connectivity index (χ4v) is 2.37. The topological polar surface area (TPSA) is 77.2 Å². The highest BCUT2D eigenvalue weighted by Gasteiger charge is 2.27. The molecule has 1 aromatic carbocycles. The molecule has 0 radical (unpaired) electrons. The molecule has 0 fully saturated rings. The Balaban J connectivity index is 1.53. The molecule has 1 unspecified atom stereocenters. The molecular weight excluding hydrogens is 266 g/mol. The van der Waals surface area contributed by atoms with Crippen molar-refractivity contribution in [2.24, 2.45) is 5.73 Å². The second-order valence-electron chi connectivity index (χ2n) is 5.02. The number of hydrogen-bond acceptors (Lipinski definition) is 4. The maximum Gasteiger partial charge on any atom is 0.245 e. The number of anilines is 1. The van der Waals surface area contributed by atoms with E-state index in [-0.39, 0.29) is 5.91 Å².